The molecule has 0 saturated carbocycles. The van der Waals surface area contributed by atoms with E-state index in [0.717, 1.165) is 0 Å². The molecule has 0 heterocycles. The summed E-state index contributed by atoms with van der Waals surface area (Å²) < 4.78 is 16.4. The van der Waals surface area contributed by atoms with Gasteiger partial charge in [0.2, 0.25) is 0 Å². The lowest BCUT2D eigenvalue weighted by Crippen LogP contribution is -2.25. The van der Waals surface area contributed by atoms with Gasteiger partial charge < -0.3 is 5.11 Å². The second-order valence-electron chi connectivity index (χ2n) is 1.27. The van der Waals surface area contributed by atoms with E-state index in [2.05, 4.69) is 0 Å². The zero-order valence-electron chi connectivity index (χ0n) is 4.24. The van der Waals surface area contributed by atoms with Gasteiger partial charge in [0.1, 0.15) is 0 Å². The van der Waals surface area contributed by atoms with Crippen molar-refractivity contribution < 1.29 is 19.0 Å². The van der Waals surface area contributed by atoms with Crippen molar-refractivity contribution in [3.8, 4) is 0 Å². The van der Waals surface area contributed by atoms with Crippen LogP contribution in [0.3, 0.4) is 0 Å². The first-order valence-electron chi connectivity index (χ1n) is 1.89. The first kappa shape index (κ1) is 7.74. The highest BCUT2D eigenvalue weighted by molar-refractivity contribution is 7.87. The molecule has 0 spiro atoms. The van der Waals surface area contributed by atoms with Gasteiger partial charge in [-0.2, -0.15) is 9.11 Å². The number of rotatable bonds is 2. The van der Waals surface area contributed by atoms with Gasteiger partial charge in [-0.15, -0.1) is 0 Å². The lowest BCUT2D eigenvalue weighted by molar-refractivity contribution is -0.136. The summed E-state index contributed by atoms with van der Waals surface area (Å²) in [4.78, 5) is 9.83. The molecule has 4 nitrogen and oxygen atoms in total. The molecule has 0 aromatic heterocycles. The molecule has 0 fully saturated rings. The second kappa shape index (κ2) is 2.91. The van der Waals surface area contributed by atoms with Gasteiger partial charge in [-0.3, -0.25) is 0 Å². The molecule has 0 aromatic carbocycles. The fourth-order valence-corrected chi connectivity index (χ4v) is 0.271. The lowest BCUT2D eigenvalue weighted by Gasteiger charge is -1.92. The van der Waals surface area contributed by atoms with Gasteiger partial charge in [0.15, 0.2) is 0 Å². The monoisotopic (exact) mass is 139 g/mol. The second-order valence-corrected chi connectivity index (χ2v) is 2.56. The van der Waals surface area contributed by atoms with Crippen LogP contribution >= 0.6 is 0 Å². The Morgan fingerprint density at radius 3 is 2.00 bits per heavy atom. The SMILES string of the molecule is CC(C(=O)O)[S+](O)O. The summed E-state index contributed by atoms with van der Waals surface area (Å²) >= 11 is -1.99. The van der Waals surface area contributed by atoms with Gasteiger partial charge in [0.05, 0.1) is 0 Å². The van der Waals surface area contributed by atoms with Gasteiger partial charge in [0.25, 0.3) is 5.25 Å². The van der Waals surface area contributed by atoms with Crippen molar-refractivity contribution >= 4 is 17.4 Å². The molecule has 1 unspecified atom stereocenters. The molecule has 0 aliphatic rings. The summed E-state index contributed by atoms with van der Waals surface area (Å²) in [6, 6.07) is 0. The van der Waals surface area contributed by atoms with Crippen molar-refractivity contribution in [1.29, 1.82) is 0 Å². The van der Waals surface area contributed by atoms with Crippen LogP contribution in [0.25, 0.3) is 0 Å². The van der Waals surface area contributed by atoms with Gasteiger partial charge in [0, 0.05) is 6.92 Å². The van der Waals surface area contributed by atoms with Gasteiger partial charge in [-0.05, 0) is 0 Å². The Bertz CT molecular complexity index is 91.3. The minimum absolute atomic E-state index is 1.07. The fourth-order valence-electron chi connectivity index (χ4n) is 0.0902. The van der Waals surface area contributed by atoms with Crippen molar-refractivity contribution in [2.45, 2.75) is 12.2 Å². The first-order chi connectivity index (χ1) is 3.55. The largest absolute Gasteiger partial charge is 0.477 e. The van der Waals surface area contributed by atoms with Crippen LogP contribution in [-0.4, -0.2) is 25.4 Å². The molecule has 0 rings (SSSR count). The molecule has 8 heavy (non-hydrogen) atoms. The van der Waals surface area contributed by atoms with Crippen molar-refractivity contribution in [2.75, 3.05) is 0 Å². The molecule has 0 radical (unpaired) electrons. The Balaban J connectivity index is 3.64. The number of hydrogen-bond acceptors (Lipinski definition) is 3. The standard InChI is InChI=1S/C3H6O4S/c1-2(3(4)5)8(6)7/h2,6-7H,1H3/p+1. The Morgan fingerprint density at radius 1 is 1.62 bits per heavy atom. The van der Waals surface area contributed by atoms with Crippen LogP contribution < -0.4 is 0 Å². The van der Waals surface area contributed by atoms with E-state index in [1.165, 1.54) is 6.92 Å². The van der Waals surface area contributed by atoms with Crippen molar-refractivity contribution in [3.05, 3.63) is 0 Å². The molecule has 0 aliphatic carbocycles. The van der Waals surface area contributed by atoms with Crippen LogP contribution in [0.15, 0.2) is 0 Å². The molecule has 1 atom stereocenters. The summed E-state index contributed by atoms with van der Waals surface area (Å²) in [5, 5.41) is 6.97. The third-order valence-electron chi connectivity index (χ3n) is 0.664. The van der Waals surface area contributed by atoms with E-state index in [4.69, 9.17) is 14.2 Å². The number of aliphatic carboxylic acids is 1. The first-order valence-corrected chi connectivity index (χ1v) is 3.10. The van der Waals surface area contributed by atoms with Gasteiger partial charge in [-0.25, -0.2) is 4.79 Å². The fraction of sp³-hybridized carbons (Fsp3) is 0.667. The minimum atomic E-state index is -1.99. The Morgan fingerprint density at radius 2 is 2.00 bits per heavy atom. The van der Waals surface area contributed by atoms with E-state index >= 15 is 0 Å². The van der Waals surface area contributed by atoms with Crippen LogP contribution in [0.5, 0.6) is 0 Å². The molecule has 48 valence electrons. The highest BCUT2D eigenvalue weighted by Gasteiger charge is 2.30. The predicted octanol–water partition coefficient (Wildman–Crippen LogP) is 0.0238. The molecule has 0 aromatic rings. The van der Waals surface area contributed by atoms with Gasteiger partial charge >= 0.3 is 17.4 Å². The minimum Gasteiger partial charge on any atom is -0.477 e. The highest BCUT2D eigenvalue weighted by Crippen LogP contribution is 1.95. The Hall–Kier alpha value is -0.260. The van der Waals surface area contributed by atoms with Crippen LogP contribution in [0, 0.1) is 0 Å². The Kier molecular flexibility index (Phi) is 2.81. The normalized spacial score (nSPS) is 14.0. The molecule has 0 aliphatic heterocycles. The van der Waals surface area contributed by atoms with E-state index in [0.29, 0.717) is 0 Å². The van der Waals surface area contributed by atoms with Crippen LogP contribution in [0.2, 0.25) is 0 Å². The zero-order valence-corrected chi connectivity index (χ0v) is 5.05. The van der Waals surface area contributed by atoms with E-state index < -0.39 is 22.7 Å². The lowest BCUT2D eigenvalue weighted by atomic mass is 10.5. The third kappa shape index (κ3) is 2.15. The summed E-state index contributed by atoms with van der Waals surface area (Å²) in [6.45, 7) is 1.23. The number of hydrogen-bond donors (Lipinski definition) is 3. The topological polar surface area (TPSA) is 77.8 Å². The zero-order chi connectivity index (χ0) is 6.73. The molecular formula is C3H7O4S+. The van der Waals surface area contributed by atoms with Crippen LogP contribution in [-0.2, 0) is 16.3 Å². The summed E-state index contributed by atoms with van der Waals surface area (Å²) in [5.74, 6) is -1.20. The van der Waals surface area contributed by atoms with Crippen molar-refractivity contribution in [3.63, 3.8) is 0 Å². The molecule has 0 amide bonds. The van der Waals surface area contributed by atoms with Crippen LogP contribution in [0.4, 0.5) is 0 Å². The maximum atomic E-state index is 9.83. The summed E-state index contributed by atoms with van der Waals surface area (Å²) in [6.07, 6.45) is 0. The molecule has 0 saturated heterocycles. The summed E-state index contributed by atoms with van der Waals surface area (Å²) in [7, 11) is 0. The average Bonchev–Trinajstić information content (AvgIpc) is 1.64. The average molecular weight is 139 g/mol. The quantitative estimate of drug-likeness (QED) is 0.471. The number of carboxylic acid groups (broad SMARTS) is 1. The molecule has 3 N–H and O–H groups in total. The van der Waals surface area contributed by atoms with E-state index in [1.807, 2.05) is 0 Å². The maximum Gasteiger partial charge on any atom is 0.363 e. The third-order valence-corrected chi connectivity index (χ3v) is 1.50. The van der Waals surface area contributed by atoms with Gasteiger partial charge in [-0.1, -0.05) is 0 Å². The molecule has 0 bridgehead atoms. The number of carbonyl (C=O) groups is 1. The molecule has 5 heteroatoms. The number of carboxylic acids is 1. The highest BCUT2D eigenvalue weighted by atomic mass is 32.2. The van der Waals surface area contributed by atoms with E-state index in [9.17, 15) is 4.79 Å². The van der Waals surface area contributed by atoms with Crippen LogP contribution in [0.1, 0.15) is 6.92 Å². The smallest absolute Gasteiger partial charge is 0.363 e. The van der Waals surface area contributed by atoms with E-state index in [1.54, 1.807) is 0 Å². The predicted molar refractivity (Wildman–Crippen MR) is 29.7 cm³/mol. The van der Waals surface area contributed by atoms with E-state index in [-0.39, 0.29) is 0 Å². The van der Waals surface area contributed by atoms with Crippen molar-refractivity contribution in [2.24, 2.45) is 0 Å². The Labute approximate surface area is 49.5 Å². The summed E-state index contributed by atoms with van der Waals surface area (Å²) in [5.41, 5.74) is 0. The maximum absolute atomic E-state index is 9.83. The van der Waals surface area contributed by atoms with Crippen molar-refractivity contribution in [1.82, 2.24) is 0 Å². The molecular weight excluding hydrogens is 132 g/mol.